The molecule has 0 unspecified atom stereocenters. The van der Waals surface area contributed by atoms with E-state index in [1.807, 2.05) is 43.3 Å². The summed E-state index contributed by atoms with van der Waals surface area (Å²) in [5, 5.41) is 6.77. The number of aromatic nitrogens is 1. The number of oxazole rings is 1. The average Bonchev–Trinajstić information content (AvgIpc) is 3.40. The van der Waals surface area contributed by atoms with Crippen LogP contribution < -0.4 is 21.3 Å². The molecule has 0 spiro atoms. The number of halogens is 1. The van der Waals surface area contributed by atoms with Crippen molar-refractivity contribution < 1.29 is 14.0 Å². The zero-order valence-electron chi connectivity index (χ0n) is 21.1. The SMILES string of the molecule is CC(=O)N(CCN(C)C)c1ccc(N/C(=C2\C(=O)Nc3cc(Cl)ccc32)c2ccc3[nH]c(=O)oc3c2)cc1. The van der Waals surface area contributed by atoms with Gasteiger partial charge in [-0.05, 0) is 62.6 Å². The predicted molar refractivity (Wildman–Crippen MR) is 150 cm³/mol. The van der Waals surface area contributed by atoms with Crippen molar-refractivity contribution in [3.8, 4) is 0 Å². The molecule has 0 aliphatic carbocycles. The molecular formula is C28H26ClN5O4. The van der Waals surface area contributed by atoms with Crippen LogP contribution in [-0.2, 0) is 9.59 Å². The summed E-state index contributed by atoms with van der Waals surface area (Å²) < 4.78 is 5.27. The molecule has 5 rings (SSSR count). The third kappa shape index (κ3) is 5.06. The molecule has 0 saturated heterocycles. The van der Waals surface area contributed by atoms with Crippen LogP contribution in [0.25, 0.3) is 22.4 Å². The molecule has 1 aliphatic rings. The van der Waals surface area contributed by atoms with Gasteiger partial charge in [-0.3, -0.25) is 14.6 Å². The molecule has 10 heteroatoms. The van der Waals surface area contributed by atoms with Crippen molar-refractivity contribution in [1.82, 2.24) is 9.88 Å². The van der Waals surface area contributed by atoms with E-state index in [4.69, 9.17) is 16.0 Å². The average molecular weight is 532 g/mol. The first-order valence-electron chi connectivity index (χ1n) is 12.0. The molecule has 0 bridgehead atoms. The number of benzene rings is 3. The molecule has 9 nitrogen and oxygen atoms in total. The normalized spacial score (nSPS) is 14.0. The number of rotatable bonds is 7. The lowest BCUT2D eigenvalue weighted by Gasteiger charge is -2.23. The number of amides is 2. The minimum atomic E-state index is -0.558. The van der Waals surface area contributed by atoms with Gasteiger partial charge in [0, 0.05) is 47.5 Å². The van der Waals surface area contributed by atoms with Gasteiger partial charge in [-0.15, -0.1) is 0 Å². The van der Waals surface area contributed by atoms with Gasteiger partial charge in [-0.25, -0.2) is 4.79 Å². The van der Waals surface area contributed by atoms with Crippen molar-refractivity contribution in [1.29, 1.82) is 0 Å². The molecule has 1 aliphatic heterocycles. The maximum atomic E-state index is 13.2. The van der Waals surface area contributed by atoms with Crippen molar-refractivity contribution in [2.75, 3.05) is 42.7 Å². The zero-order chi connectivity index (χ0) is 27.0. The number of aromatic amines is 1. The standard InChI is InChI=1S/C28H26ClN5O4/c1-16(35)34(13-12-33(2)3)20-8-6-19(7-9-20)30-26(17-4-11-22-24(14-17)38-28(37)32-22)25-21-10-5-18(29)15-23(21)31-27(25)36/h4-11,14-15,30H,12-13H2,1-3H3,(H,31,36)(H,32,37)/b26-25-. The van der Waals surface area contributed by atoms with E-state index in [1.54, 1.807) is 48.2 Å². The number of carbonyl (C=O) groups is 2. The van der Waals surface area contributed by atoms with Gasteiger partial charge in [0.25, 0.3) is 5.91 Å². The molecule has 4 aromatic rings. The summed E-state index contributed by atoms with van der Waals surface area (Å²) in [4.78, 5) is 43.5. The molecule has 0 saturated carbocycles. The summed E-state index contributed by atoms with van der Waals surface area (Å²) in [7, 11) is 3.92. The number of fused-ring (bicyclic) bond motifs is 2. The van der Waals surface area contributed by atoms with Crippen LogP contribution in [0, 0.1) is 0 Å². The molecule has 2 heterocycles. The van der Waals surface area contributed by atoms with Crippen LogP contribution in [0.2, 0.25) is 5.02 Å². The van der Waals surface area contributed by atoms with Crippen LogP contribution in [-0.4, -0.2) is 48.9 Å². The Hall–Kier alpha value is -4.34. The number of carbonyl (C=O) groups excluding carboxylic acids is 2. The van der Waals surface area contributed by atoms with E-state index in [2.05, 4.69) is 15.6 Å². The Morgan fingerprint density at radius 2 is 1.76 bits per heavy atom. The molecular weight excluding hydrogens is 506 g/mol. The first kappa shape index (κ1) is 25.3. The molecule has 194 valence electrons. The summed E-state index contributed by atoms with van der Waals surface area (Å²) in [5.74, 6) is -0.893. The number of hydrogen-bond acceptors (Lipinski definition) is 6. The molecule has 3 N–H and O–H groups in total. The number of anilines is 3. The van der Waals surface area contributed by atoms with Gasteiger partial charge in [-0.1, -0.05) is 23.7 Å². The highest BCUT2D eigenvalue weighted by Crippen LogP contribution is 2.39. The van der Waals surface area contributed by atoms with Gasteiger partial charge < -0.3 is 24.9 Å². The summed E-state index contributed by atoms with van der Waals surface area (Å²) in [6, 6.07) is 17.9. The molecule has 1 aromatic heterocycles. The Labute approximate surface area is 223 Å². The molecule has 38 heavy (non-hydrogen) atoms. The van der Waals surface area contributed by atoms with Crippen molar-refractivity contribution >= 4 is 62.8 Å². The first-order chi connectivity index (χ1) is 18.2. The van der Waals surface area contributed by atoms with E-state index in [1.165, 1.54) is 0 Å². The van der Waals surface area contributed by atoms with Gasteiger partial charge in [0.05, 0.1) is 22.5 Å². The Morgan fingerprint density at radius 1 is 1.00 bits per heavy atom. The second kappa shape index (κ2) is 10.2. The zero-order valence-corrected chi connectivity index (χ0v) is 21.8. The van der Waals surface area contributed by atoms with Crippen LogP contribution in [0.15, 0.2) is 69.9 Å². The molecule has 2 amide bonds. The number of nitrogens with zero attached hydrogens (tertiary/aromatic N) is 2. The van der Waals surface area contributed by atoms with Crippen molar-refractivity contribution in [2.45, 2.75) is 6.92 Å². The number of H-pyrrole nitrogens is 1. The lowest BCUT2D eigenvalue weighted by atomic mass is 9.99. The monoisotopic (exact) mass is 531 g/mol. The number of hydrogen-bond donors (Lipinski definition) is 3. The predicted octanol–water partition coefficient (Wildman–Crippen LogP) is 4.62. The highest BCUT2D eigenvalue weighted by molar-refractivity contribution is 6.38. The van der Waals surface area contributed by atoms with E-state index >= 15 is 0 Å². The summed E-state index contributed by atoms with van der Waals surface area (Å²) >= 11 is 6.16. The van der Waals surface area contributed by atoms with E-state index in [9.17, 15) is 14.4 Å². The second-order valence-electron chi connectivity index (χ2n) is 9.27. The van der Waals surface area contributed by atoms with E-state index in [0.717, 1.165) is 12.2 Å². The number of likely N-dealkylation sites (N-methyl/N-ethyl adjacent to an activating group) is 1. The second-order valence-corrected chi connectivity index (χ2v) is 9.70. The van der Waals surface area contributed by atoms with Crippen LogP contribution >= 0.6 is 11.6 Å². The van der Waals surface area contributed by atoms with Crippen molar-refractivity contribution in [3.63, 3.8) is 0 Å². The fraction of sp³-hybridized carbons (Fsp3) is 0.179. The highest BCUT2D eigenvalue weighted by Gasteiger charge is 2.29. The highest BCUT2D eigenvalue weighted by atomic mass is 35.5. The number of nitrogens with one attached hydrogen (secondary N) is 3. The first-order valence-corrected chi connectivity index (χ1v) is 12.4. The van der Waals surface area contributed by atoms with Gasteiger partial charge in [-0.2, -0.15) is 0 Å². The summed E-state index contributed by atoms with van der Waals surface area (Å²) in [6.45, 7) is 2.83. The van der Waals surface area contributed by atoms with Crippen LogP contribution in [0.3, 0.4) is 0 Å². The van der Waals surface area contributed by atoms with Gasteiger partial charge >= 0.3 is 5.76 Å². The van der Waals surface area contributed by atoms with Crippen LogP contribution in [0.5, 0.6) is 0 Å². The van der Waals surface area contributed by atoms with Crippen molar-refractivity contribution in [3.05, 3.63) is 87.4 Å². The fourth-order valence-corrected chi connectivity index (χ4v) is 4.58. The summed E-state index contributed by atoms with van der Waals surface area (Å²) in [6.07, 6.45) is 0. The minimum absolute atomic E-state index is 0.0467. The maximum Gasteiger partial charge on any atom is 0.417 e. The van der Waals surface area contributed by atoms with E-state index < -0.39 is 5.76 Å². The largest absolute Gasteiger partial charge is 0.417 e. The third-order valence-electron chi connectivity index (χ3n) is 6.29. The molecule has 0 atom stereocenters. The fourth-order valence-electron chi connectivity index (χ4n) is 4.41. The Bertz CT molecular complexity index is 1640. The Kier molecular flexibility index (Phi) is 6.79. The Balaban J connectivity index is 1.57. The van der Waals surface area contributed by atoms with Gasteiger partial charge in [0.2, 0.25) is 5.91 Å². The Morgan fingerprint density at radius 3 is 2.47 bits per heavy atom. The van der Waals surface area contributed by atoms with Gasteiger partial charge in [0.1, 0.15) is 0 Å². The molecule has 3 aromatic carbocycles. The van der Waals surface area contributed by atoms with E-state index in [-0.39, 0.29) is 11.8 Å². The minimum Gasteiger partial charge on any atom is -0.408 e. The molecule has 0 fully saturated rings. The maximum absolute atomic E-state index is 13.2. The third-order valence-corrected chi connectivity index (χ3v) is 6.52. The topological polar surface area (TPSA) is 111 Å². The van der Waals surface area contributed by atoms with Crippen molar-refractivity contribution in [2.24, 2.45) is 0 Å². The summed E-state index contributed by atoms with van der Waals surface area (Å²) in [5.41, 5.74) is 5.31. The lowest BCUT2D eigenvalue weighted by Crippen LogP contribution is -2.35. The van der Waals surface area contributed by atoms with Crippen LogP contribution in [0.1, 0.15) is 18.1 Å². The lowest BCUT2D eigenvalue weighted by molar-refractivity contribution is -0.116. The van der Waals surface area contributed by atoms with Crippen LogP contribution in [0.4, 0.5) is 17.1 Å². The van der Waals surface area contributed by atoms with Gasteiger partial charge in [0.15, 0.2) is 5.58 Å². The molecule has 0 radical (unpaired) electrons. The van der Waals surface area contributed by atoms with E-state index in [0.29, 0.717) is 56.4 Å². The quantitative estimate of drug-likeness (QED) is 0.300. The smallest absolute Gasteiger partial charge is 0.408 e.